The fourth-order valence-corrected chi connectivity index (χ4v) is 2.30. The monoisotopic (exact) mass is 221 g/mol. The van der Waals surface area contributed by atoms with E-state index in [4.69, 9.17) is 0 Å². The summed E-state index contributed by atoms with van der Waals surface area (Å²) in [6, 6.07) is 7.35. The van der Waals surface area contributed by atoms with Crippen molar-refractivity contribution in [3.63, 3.8) is 0 Å². The predicted molar refractivity (Wildman–Crippen MR) is 64.7 cm³/mol. The predicted octanol–water partition coefficient (Wildman–Crippen LogP) is 3.52. The quantitative estimate of drug-likeness (QED) is 0.802. The van der Waals surface area contributed by atoms with Crippen molar-refractivity contribution < 1.29 is 4.39 Å². The fraction of sp³-hybridized carbons (Fsp3) is 0.571. The van der Waals surface area contributed by atoms with E-state index in [0.717, 1.165) is 24.8 Å². The molecule has 0 aliphatic heterocycles. The van der Waals surface area contributed by atoms with E-state index in [1.807, 2.05) is 12.1 Å². The Labute approximate surface area is 97.1 Å². The van der Waals surface area contributed by atoms with Crippen LogP contribution < -0.4 is 5.32 Å². The molecule has 3 atom stereocenters. The molecule has 1 aliphatic rings. The SMILES string of the molecule is CCCNC(c1ccc(F)cc1)C1CC1C. The molecule has 3 unspecified atom stereocenters. The van der Waals surface area contributed by atoms with Crippen LogP contribution in [0.5, 0.6) is 0 Å². The molecule has 2 rings (SSSR count). The first kappa shape index (κ1) is 11.6. The maximum atomic E-state index is 12.9. The van der Waals surface area contributed by atoms with Gasteiger partial charge in [-0.25, -0.2) is 4.39 Å². The van der Waals surface area contributed by atoms with Gasteiger partial charge in [0.25, 0.3) is 0 Å². The van der Waals surface area contributed by atoms with Gasteiger partial charge in [0.15, 0.2) is 0 Å². The van der Waals surface area contributed by atoms with Gasteiger partial charge < -0.3 is 5.32 Å². The Hall–Kier alpha value is -0.890. The molecule has 1 aliphatic carbocycles. The first-order valence-corrected chi connectivity index (χ1v) is 6.21. The Morgan fingerprint density at radius 2 is 2.00 bits per heavy atom. The van der Waals surface area contributed by atoms with E-state index >= 15 is 0 Å². The smallest absolute Gasteiger partial charge is 0.123 e. The number of nitrogens with one attached hydrogen (secondary N) is 1. The van der Waals surface area contributed by atoms with Crippen LogP contribution in [0, 0.1) is 17.7 Å². The van der Waals surface area contributed by atoms with Crippen molar-refractivity contribution in [1.82, 2.24) is 5.32 Å². The minimum Gasteiger partial charge on any atom is -0.310 e. The van der Waals surface area contributed by atoms with Crippen molar-refractivity contribution in [1.29, 1.82) is 0 Å². The van der Waals surface area contributed by atoms with Crippen LogP contribution in [0.4, 0.5) is 4.39 Å². The molecule has 0 radical (unpaired) electrons. The molecule has 1 aromatic carbocycles. The third-order valence-corrected chi connectivity index (χ3v) is 3.44. The minimum absolute atomic E-state index is 0.151. The molecular weight excluding hydrogens is 201 g/mol. The average Bonchev–Trinajstić information content (AvgIpc) is 2.99. The van der Waals surface area contributed by atoms with E-state index in [1.165, 1.54) is 12.0 Å². The van der Waals surface area contributed by atoms with Gasteiger partial charge >= 0.3 is 0 Å². The molecule has 1 aromatic rings. The van der Waals surface area contributed by atoms with Crippen molar-refractivity contribution >= 4 is 0 Å². The fourth-order valence-electron chi connectivity index (χ4n) is 2.30. The average molecular weight is 221 g/mol. The summed E-state index contributed by atoms with van der Waals surface area (Å²) in [4.78, 5) is 0. The van der Waals surface area contributed by atoms with Gasteiger partial charge in [0, 0.05) is 6.04 Å². The second kappa shape index (κ2) is 4.96. The highest BCUT2D eigenvalue weighted by Gasteiger charge is 2.39. The van der Waals surface area contributed by atoms with E-state index in [-0.39, 0.29) is 5.82 Å². The molecule has 1 nitrogen and oxygen atoms in total. The summed E-state index contributed by atoms with van der Waals surface area (Å²) in [5, 5.41) is 3.58. The third kappa shape index (κ3) is 2.62. The molecule has 0 bridgehead atoms. The second-order valence-corrected chi connectivity index (χ2v) is 4.86. The Morgan fingerprint density at radius 3 is 2.50 bits per heavy atom. The molecule has 0 heterocycles. The van der Waals surface area contributed by atoms with Crippen LogP contribution in [0.15, 0.2) is 24.3 Å². The van der Waals surface area contributed by atoms with Crippen molar-refractivity contribution in [2.45, 2.75) is 32.7 Å². The molecule has 2 heteroatoms. The molecule has 0 spiro atoms. The number of hydrogen-bond donors (Lipinski definition) is 1. The largest absolute Gasteiger partial charge is 0.310 e. The van der Waals surface area contributed by atoms with E-state index in [0.29, 0.717) is 6.04 Å². The highest BCUT2D eigenvalue weighted by molar-refractivity contribution is 5.22. The van der Waals surface area contributed by atoms with Gasteiger partial charge in [-0.3, -0.25) is 0 Å². The van der Waals surface area contributed by atoms with Crippen LogP contribution in [0.3, 0.4) is 0 Å². The Kier molecular flexibility index (Phi) is 3.59. The Bertz CT molecular complexity index is 333. The van der Waals surface area contributed by atoms with Crippen LogP contribution in [0.2, 0.25) is 0 Å². The van der Waals surface area contributed by atoms with Crippen molar-refractivity contribution in [3.05, 3.63) is 35.6 Å². The number of hydrogen-bond acceptors (Lipinski definition) is 1. The third-order valence-electron chi connectivity index (χ3n) is 3.44. The number of halogens is 1. The van der Waals surface area contributed by atoms with Gasteiger partial charge in [-0.15, -0.1) is 0 Å². The zero-order valence-corrected chi connectivity index (χ0v) is 10.0. The van der Waals surface area contributed by atoms with Gasteiger partial charge in [0.1, 0.15) is 5.82 Å². The summed E-state index contributed by atoms with van der Waals surface area (Å²) in [7, 11) is 0. The Balaban J connectivity index is 2.08. The van der Waals surface area contributed by atoms with Crippen LogP contribution >= 0.6 is 0 Å². The normalized spacial score (nSPS) is 25.4. The zero-order chi connectivity index (χ0) is 11.5. The van der Waals surface area contributed by atoms with E-state index in [2.05, 4.69) is 19.2 Å². The van der Waals surface area contributed by atoms with Gasteiger partial charge in [-0.1, -0.05) is 26.0 Å². The molecule has 1 fully saturated rings. The summed E-state index contributed by atoms with van der Waals surface area (Å²) in [5.74, 6) is 1.39. The van der Waals surface area contributed by atoms with Crippen molar-refractivity contribution in [2.24, 2.45) is 11.8 Å². The molecule has 1 N–H and O–H groups in total. The lowest BCUT2D eigenvalue weighted by atomic mass is 10.0. The van der Waals surface area contributed by atoms with Gasteiger partial charge in [-0.2, -0.15) is 0 Å². The summed E-state index contributed by atoms with van der Waals surface area (Å²) in [5.41, 5.74) is 1.23. The minimum atomic E-state index is -0.151. The maximum Gasteiger partial charge on any atom is 0.123 e. The molecular formula is C14H20FN. The lowest BCUT2D eigenvalue weighted by Gasteiger charge is -2.19. The molecule has 16 heavy (non-hydrogen) atoms. The summed E-state index contributed by atoms with van der Waals surface area (Å²) in [6.45, 7) is 5.49. The molecule has 0 saturated heterocycles. The van der Waals surface area contributed by atoms with Gasteiger partial charge in [0.2, 0.25) is 0 Å². The van der Waals surface area contributed by atoms with Crippen LogP contribution in [-0.4, -0.2) is 6.54 Å². The van der Waals surface area contributed by atoms with E-state index in [9.17, 15) is 4.39 Å². The zero-order valence-electron chi connectivity index (χ0n) is 10.0. The summed E-state index contributed by atoms with van der Waals surface area (Å²) >= 11 is 0. The molecule has 88 valence electrons. The van der Waals surface area contributed by atoms with Crippen molar-refractivity contribution in [2.75, 3.05) is 6.54 Å². The van der Waals surface area contributed by atoms with Crippen LogP contribution in [0.1, 0.15) is 38.3 Å². The first-order chi connectivity index (χ1) is 7.72. The topological polar surface area (TPSA) is 12.0 Å². The Morgan fingerprint density at radius 1 is 1.38 bits per heavy atom. The molecule has 1 saturated carbocycles. The number of benzene rings is 1. The molecule has 0 amide bonds. The van der Waals surface area contributed by atoms with Crippen LogP contribution in [-0.2, 0) is 0 Å². The van der Waals surface area contributed by atoms with Gasteiger partial charge in [0.05, 0.1) is 0 Å². The standard InChI is InChI=1S/C14H20FN/c1-3-8-16-14(13-9-10(13)2)11-4-6-12(15)7-5-11/h4-7,10,13-14,16H,3,8-9H2,1-2H3. The highest BCUT2D eigenvalue weighted by Crippen LogP contribution is 2.46. The lowest BCUT2D eigenvalue weighted by Crippen LogP contribution is -2.24. The first-order valence-electron chi connectivity index (χ1n) is 6.21. The van der Waals surface area contributed by atoms with Crippen LogP contribution in [0.25, 0.3) is 0 Å². The van der Waals surface area contributed by atoms with E-state index < -0.39 is 0 Å². The highest BCUT2D eigenvalue weighted by atomic mass is 19.1. The molecule has 0 aromatic heterocycles. The summed E-state index contributed by atoms with van der Waals surface area (Å²) < 4.78 is 12.9. The second-order valence-electron chi connectivity index (χ2n) is 4.86. The summed E-state index contributed by atoms with van der Waals surface area (Å²) in [6.07, 6.45) is 2.43. The van der Waals surface area contributed by atoms with Crippen molar-refractivity contribution in [3.8, 4) is 0 Å². The van der Waals surface area contributed by atoms with Gasteiger partial charge in [-0.05, 0) is 48.9 Å². The maximum absolute atomic E-state index is 12.9. The van der Waals surface area contributed by atoms with E-state index in [1.54, 1.807) is 12.1 Å². The number of rotatable bonds is 5. The lowest BCUT2D eigenvalue weighted by molar-refractivity contribution is 0.462.